The van der Waals surface area contributed by atoms with Crippen LogP contribution in [0.15, 0.2) is 24.3 Å². The molecule has 0 fully saturated rings. The molecule has 1 rings (SSSR count). The molecular formula is C13H17F3N2O2. The minimum Gasteiger partial charge on any atom is -0.364 e. The molecule has 0 saturated heterocycles. The highest BCUT2D eigenvalue weighted by Gasteiger charge is 2.36. The zero-order valence-corrected chi connectivity index (χ0v) is 11.2. The van der Waals surface area contributed by atoms with Gasteiger partial charge >= 0.3 is 6.18 Å². The van der Waals surface area contributed by atoms with Gasteiger partial charge in [0, 0.05) is 0 Å². The van der Waals surface area contributed by atoms with Crippen molar-refractivity contribution < 1.29 is 22.7 Å². The van der Waals surface area contributed by atoms with Crippen LogP contribution in [0.2, 0.25) is 0 Å². The summed E-state index contributed by atoms with van der Waals surface area (Å²) in [7, 11) is 0. The van der Waals surface area contributed by atoms with Crippen LogP contribution in [0.5, 0.6) is 0 Å². The number of alkyl halides is 3. The average molecular weight is 290 g/mol. The first kappa shape index (κ1) is 16.5. The third-order valence-corrected chi connectivity index (χ3v) is 2.98. The number of halogens is 3. The zero-order chi connectivity index (χ0) is 15.3. The summed E-state index contributed by atoms with van der Waals surface area (Å²) in [5.74, 6) is 4.28. The molecule has 0 spiro atoms. The monoisotopic (exact) mass is 290 g/mol. The summed E-state index contributed by atoms with van der Waals surface area (Å²) in [6.45, 7) is 2.50. The Balaban J connectivity index is 2.61. The van der Waals surface area contributed by atoms with Gasteiger partial charge in [0.15, 0.2) is 6.10 Å². The van der Waals surface area contributed by atoms with Gasteiger partial charge in [-0.15, -0.1) is 0 Å². The summed E-state index contributed by atoms with van der Waals surface area (Å²) in [6, 6.07) is 6.57. The number of hydrazine groups is 1. The quantitative estimate of drug-likeness (QED) is 0.496. The third kappa shape index (κ3) is 4.50. The Labute approximate surface area is 115 Å². The molecule has 2 unspecified atom stereocenters. The molecule has 20 heavy (non-hydrogen) atoms. The van der Waals surface area contributed by atoms with Gasteiger partial charge < -0.3 is 4.74 Å². The van der Waals surface area contributed by atoms with E-state index < -0.39 is 18.2 Å². The van der Waals surface area contributed by atoms with Crippen LogP contribution in [-0.2, 0) is 16.1 Å². The second-order valence-corrected chi connectivity index (χ2v) is 4.47. The van der Waals surface area contributed by atoms with Crippen LogP contribution in [0, 0.1) is 0 Å². The van der Waals surface area contributed by atoms with Gasteiger partial charge in [-0.2, -0.15) is 13.2 Å². The molecule has 2 atom stereocenters. The predicted molar refractivity (Wildman–Crippen MR) is 67.5 cm³/mol. The highest BCUT2D eigenvalue weighted by Crippen LogP contribution is 2.23. The van der Waals surface area contributed by atoms with Crippen molar-refractivity contribution in [2.24, 2.45) is 5.84 Å². The number of carbonyl (C=O) groups excluding carboxylic acids is 1. The summed E-state index contributed by atoms with van der Waals surface area (Å²) in [5.41, 5.74) is 3.37. The second kappa shape index (κ2) is 6.71. The van der Waals surface area contributed by atoms with Crippen LogP contribution in [0.1, 0.15) is 30.9 Å². The molecule has 1 aromatic rings. The number of nitrogens with one attached hydrogen (secondary N) is 1. The standard InChI is InChI=1S/C13H17F3N2O2/c1-8(12(19)18-17)11-5-3-10(4-6-11)7-20-9(2)13(14,15)16/h3-6,8-9H,7,17H2,1-2H3,(H,18,19). The van der Waals surface area contributed by atoms with Gasteiger partial charge in [-0.1, -0.05) is 24.3 Å². The van der Waals surface area contributed by atoms with E-state index in [-0.39, 0.29) is 12.5 Å². The number of hydrogen-bond donors (Lipinski definition) is 2. The van der Waals surface area contributed by atoms with Crippen molar-refractivity contribution in [3.63, 3.8) is 0 Å². The fourth-order valence-corrected chi connectivity index (χ4v) is 1.49. The van der Waals surface area contributed by atoms with Gasteiger partial charge in [-0.25, -0.2) is 5.84 Å². The fraction of sp³-hybridized carbons (Fsp3) is 0.462. The van der Waals surface area contributed by atoms with E-state index in [4.69, 9.17) is 10.6 Å². The van der Waals surface area contributed by atoms with Crippen LogP contribution in [0.3, 0.4) is 0 Å². The molecule has 1 aromatic carbocycles. The molecule has 7 heteroatoms. The van der Waals surface area contributed by atoms with Crippen LogP contribution >= 0.6 is 0 Å². The fourth-order valence-electron chi connectivity index (χ4n) is 1.49. The molecule has 0 heterocycles. The summed E-state index contributed by atoms with van der Waals surface area (Å²) < 4.78 is 41.5. The molecule has 0 aliphatic carbocycles. The number of hydrogen-bond acceptors (Lipinski definition) is 3. The normalized spacial score (nSPS) is 14.7. The summed E-state index contributed by atoms with van der Waals surface area (Å²) in [4.78, 5) is 11.3. The van der Waals surface area contributed by atoms with Crippen molar-refractivity contribution in [3.8, 4) is 0 Å². The van der Waals surface area contributed by atoms with Crippen molar-refractivity contribution >= 4 is 5.91 Å². The smallest absolute Gasteiger partial charge is 0.364 e. The molecule has 3 N–H and O–H groups in total. The number of amides is 1. The number of benzene rings is 1. The summed E-state index contributed by atoms with van der Waals surface area (Å²) in [5, 5.41) is 0. The Morgan fingerprint density at radius 3 is 2.30 bits per heavy atom. The van der Waals surface area contributed by atoms with E-state index in [1.807, 2.05) is 5.43 Å². The maximum absolute atomic E-state index is 12.3. The van der Waals surface area contributed by atoms with Crippen LogP contribution in [0.4, 0.5) is 13.2 Å². The summed E-state index contributed by atoms with van der Waals surface area (Å²) in [6.07, 6.45) is -6.18. The lowest BCUT2D eigenvalue weighted by atomic mass is 9.99. The Morgan fingerprint density at radius 2 is 1.85 bits per heavy atom. The highest BCUT2D eigenvalue weighted by atomic mass is 19.4. The van der Waals surface area contributed by atoms with Gasteiger partial charge in [0.25, 0.3) is 0 Å². The zero-order valence-electron chi connectivity index (χ0n) is 11.2. The second-order valence-electron chi connectivity index (χ2n) is 4.47. The van der Waals surface area contributed by atoms with E-state index in [1.54, 1.807) is 31.2 Å². The van der Waals surface area contributed by atoms with Gasteiger partial charge in [0.1, 0.15) is 0 Å². The maximum Gasteiger partial charge on any atom is 0.414 e. The van der Waals surface area contributed by atoms with Gasteiger partial charge in [-0.05, 0) is 25.0 Å². The lowest BCUT2D eigenvalue weighted by molar-refractivity contribution is -0.217. The Morgan fingerprint density at radius 1 is 1.30 bits per heavy atom. The van der Waals surface area contributed by atoms with E-state index in [9.17, 15) is 18.0 Å². The first-order chi connectivity index (χ1) is 9.25. The number of ether oxygens (including phenoxy) is 1. The summed E-state index contributed by atoms with van der Waals surface area (Å²) >= 11 is 0. The minimum atomic E-state index is -4.37. The van der Waals surface area contributed by atoms with E-state index in [0.717, 1.165) is 12.5 Å². The SMILES string of the molecule is CC(C(=O)NN)c1ccc(COC(C)C(F)(F)F)cc1. The molecular weight excluding hydrogens is 273 g/mol. The lowest BCUT2D eigenvalue weighted by Gasteiger charge is -2.16. The largest absolute Gasteiger partial charge is 0.414 e. The van der Waals surface area contributed by atoms with Gasteiger partial charge in [-0.3, -0.25) is 10.2 Å². The van der Waals surface area contributed by atoms with E-state index in [0.29, 0.717) is 5.56 Å². The van der Waals surface area contributed by atoms with Gasteiger partial charge in [0.2, 0.25) is 5.91 Å². The number of rotatable bonds is 5. The first-order valence-corrected chi connectivity index (χ1v) is 6.03. The molecule has 112 valence electrons. The van der Waals surface area contributed by atoms with E-state index in [2.05, 4.69) is 0 Å². The minimum absolute atomic E-state index is 0.140. The van der Waals surface area contributed by atoms with Crippen molar-refractivity contribution in [2.75, 3.05) is 0 Å². The molecule has 0 aromatic heterocycles. The Kier molecular flexibility index (Phi) is 5.52. The number of carbonyl (C=O) groups is 1. The van der Waals surface area contributed by atoms with Crippen LogP contribution in [0.25, 0.3) is 0 Å². The van der Waals surface area contributed by atoms with Crippen molar-refractivity contribution in [3.05, 3.63) is 35.4 Å². The lowest BCUT2D eigenvalue weighted by Crippen LogP contribution is -2.33. The first-order valence-electron chi connectivity index (χ1n) is 6.03. The topological polar surface area (TPSA) is 64.4 Å². The third-order valence-electron chi connectivity index (χ3n) is 2.98. The molecule has 4 nitrogen and oxygen atoms in total. The molecule has 0 saturated carbocycles. The molecule has 0 bridgehead atoms. The van der Waals surface area contributed by atoms with E-state index >= 15 is 0 Å². The Bertz CT molecular complexity index is 446. The van der Waals surface area contributed by atoms with E-state index in [1.165, 1.54) is 0 Å². The van der Waals surface area contributed by atoms with Crippen molar-refractivity contribution in [1.82, 2.24) is 5.43 Å². The molecule has 0 aliphatic heterocycles. The Hall–Kier alpha value is -1.60. The number of nitrogens with two attached hydrogens (primary N) is 1. The van der Waals surface area contributed by atoms with Crippen LogP contribution in [-0.4, -0.2) is 18.2 Å². The molecule has 1 amide bonds. The average Bonchev–Trinajstić information content (AvgIpc) is 2.42. The highest BCUT2D eigenvalue weighted by molar-refractivity contribution is 5.82. The van der Waals surface area contributed by atoms with Crippen molar-refractivity contribution in [2.45, 2.75) is 38.7 Å². The van der Waals surface area contributed by atoms with Gasteiger partial charge in [0.05, 0.1) is 12.5 Å². The predicted octanol–water partition coefficient (Wildman–Crippen LogP) is 2.25. The molecule has 0 aliphatic rings. The maximum atomic E-state index is 12.3. The molecule has 0 radical (unpaired) electrons. The van der Waals surface area contributed by atoms with Crippen LogP contribution < -0.4 is 11.3 Å². The van der Waals surface area contributed by atoms with Crippen molar-refractivity contribution in [1.29, 1.82) is 0 Å².